The average Bonchev–Trinajstić information content (AvgIpc) is 2.99. The van der Waals surface area contributed by atoms with Crippen molar-refractivity contribution in [2.24, 2.45) is 5.92 Å². The Bertz CT molecular complexity index is 1620. The summed E-state index contributed by atoms with van der Waals surface area (Å²) in [7, 11) is 0. The van der Waals surface area contributed by atoms with Gasteiger partial charge < -0.3 is 30.5 Å². The lowest BCUT2D eigenvalue weighted by Gasteiger charge is -2.25. The van der Waals surface area contributed by atoms with Gasteiger partial charge in [0.1, 0.15) is 29.0 Å². The Hall–Kier alpha value is -5.26. The monoisotopic (exact) mass is 647 g/mol. The van der Waals surface area contributed by atoms with Crippen molar-refractivity contribution in [2.75, 3.05) is 0 Å². The van der Waals surface area contributed by atoms with E-state index in [0.29, 0.717) is 22.6 Å². The summed E-state index contributed by atoms with van der Waals surface area (Å²) in [6.45, 7) is 4.84. The van der Waals surface area contributed by atoms with E-state index in [1.165, 1.54) is 18.2 Å². The van der Waals surface area contributed by atoms with Gasteiger partial charge >= 0.3 is 12.1 Å². The Morgan fingerprint density at radius 2 is 1.66 bits per heavy atom. The molecule has 0 fully saturated rings. The number of hydrogen-bond donors (Lipinski definition) is 4. The van der Waals surface area contributed by atoms with Gasteiger partial charge in [0.25, 0.3) is 0 Å². The second kappa shape index (κ2) is 15.4. The fraction of sp³-hybridized carbons (Fsp3) is 0.343. The number of aliphatic carboxylic acids is 1. The molecule has 0 radical (unpaired) electrons. The Labute approximate surface area is 271 Å². The highest BCUT2D eigenvalue weighted by Crippen LogP contribution is 2.25. The van der Waals surface area contributed by atoms with Gasteiger partial charge in [-0.1, -0.05) is 42.5 Å². The van der Waals surface area contributed by atoms with Crippen LogP contribution < -0.4 is 20.7 Å². The van der Waals surface area contributed by atoms with E-state index in [4.69, 9.17) is 9.47 Å². The number of carbonyl (C=O) groups is 5. The highest BCUT2D eigenvalue weighted by Gasteiger charge is 2.33. The zero-order valence-corrected chi connectivity index (χ0v) is 26.4. The van der Waals surface area contributed by atoms with Crippen LogP contribution in [-0.4, -0.2) is 52.5 Å². The standard InChI is InChI=1S/C35H38FN3O8/c1-35(2,3)47-34(45)39-28-17-22-7-6-9-26(15-22)46-25-13-11-21(12-14-25)16-29(33(44)37-20-23-8-4-5-10-27(23)36)38-32(43)24(18-30(28)40)19-31(41)42/h4-15,24,28-29H,16-20H2,1-3H3,(H,37,44)(H,38,43)(H,39,45)(H,41,42)/t24-,28-,29-/m0/s1. The molecule has 3 aromatic carbocycles. The molecule has 0 saturated heterocycles. The summed E-state index contributed by atoms with van der Waals surface area (Å²) < 4.78 is 25.6. The van der Waals surface area contributed by atoms with Crippen LogP contribution >= 0.6 is 0 Å². The Kier molecular flexibility index (Phi) is 11.3. The second-order valence-electron chi connectivity index (χ2n) is 12.3. The molecule has 0 aromatic heterocycles. The molecule has 3 atom stereocenters. The first-order valence-electron chi connectivity index (χ1n) is 15.2. The predicted molar refractivity (Wildman–Crippen MR) is 169 cm³/mol. The number of benzene rings is 3. The second-order valence-corrected chi connectivity index (χ2v) is 12.3. The van der Waals surface area contributed by atoms with Crippen molar-refractivity contribution in [3.05, 3.63) is 95.3 Å². The number of carboxylic acid groups (broad SMARTS) is 1. The lowest BCUT2D eigenvalue weighted by atomic mass is 9.91. The van der Waals surface area contributed by atoms with E-state index in [2.05, 4.69) is 16.0 Å². The minimum Gasteiger partial charge on any atom is -0.481 e. The first-order chi connectivity index (χ1) is 22.3. The molecular formula is C35H38FN3O8. The third-order valence-electron chi connectivity index (χ3n) is 7.30. The smallest absolute Gasteiger partial charge is 0.408 e. The van der Waals surface area contributed by atoms with Crippen molar-refractivity contribution in [3.63, 3.8) is 0 Å². The molecule has 4 N–H and O–H groups in total. The molecule has 0 unspecified atom stereocenters. The van der Waals surface area contributed by atoms with E-state index >= 15 is 0 Å². The Morgan fingerprint density at radius 3 is 2.34 bits per heavy atom. The molecule has 0 saturated carbocycles. The van der Waals surface area contributed by atoms with Crippen molar-refractivity contribution in [1.29, 1.82) is 0 Å². The summed E-state index contributed by atoms with van der Waals surface area (Å²) in [6.07, 6.45) is -2.12. The fourth-order valence-electron chi connectivity index (χ4n) is 5.03. The van der Waals surface area contributed by atoms with Gasteiger partial charge in [0.15, 0.2) is 5.78 Å². The molecule has 12 heteroatoms. The maximum absolute atomic E-state index is 14.2. The number of carboxylic acids is 1. The number of hydrogen-bond acceptors (Lipinski definition) is 7. The number of fused-ring (bicyclic) bond motifs is 10. The molecular weight excluding hydrogens is 609 g/mol. The van der Waals surface area contributed by atoms with Gasteiger partial charge in [0.2, 0.25) is 11.8 Å². The van der Waals surface area contributed by atoms with Crippen molar-refractivity contribution in [3.8, 4) is 11.5 Å². The number of nitrogens with one attached hydrogen (secondary N) is 3. The quantitative estimate of drug-likeness (QED) is 0.305. The van der Waals surface area contributed by atoms with Crippen LogP contribution in [0.1, 0.15) is 50.3 Å². The summed E-state index contributed by atoms with van der Waals surface area (Å²) in [5.41, 5.74) is 0.651. The van der Waals surface area contributed by atoms with Crippen molar-refractivity contribution >= 4 is 29.7 Å². The molecule has 11 nitrogen and oxygen atoms in total. The Morgan fingerprint density at radius 1 is 0.936 bits per heavy atom. The molecule has 2 heterocycles. The SMILES string of the molecule is CC(C)(C)OC(=O)N[C@H]1Cc2cccc(c2)Oc2ccc(cc2)C[C@@H](C(=O)NCc2ccccc2F)NC(=O)[C@H](CC(=O)O)CC1=O. The average molecular weight is 648 g/mol. The summed E-state index contributed by atoms with van der Waals surface area (Å²) in [6, 6.07) is 17.3. The molecule has 2 aliphatic rings. The van der Waals surface area contributed by atoms with Crippen molar-refractivity contribution < 1.29 is 42.9 Å². The van der Waals surface area contributed by atoms with E-state index in [9.17, 15) is 33.5 Å². The zero-order chi connectivity index (χ0) is 34.1. The molecule has 5 rings (SSSR count). The van der Waals surface area contributed by atoms with Crippen LogP contribution in [0, 0.1) is 11.7 Å². The first-order valence-corrected chi connectivity index (χ1v) is 15.2. The van der Waals surface area contributed by atoms with Crippen molar-refractivity contribution in [1.82, 2.24) is 16.0 Å². The maximum atomic E-state index is 14.2. The summed E-state index contributed by atoms with van der Waals surface area (Å²) in [5.74, 6) is -4.36. The topological polar surface area (TPSA) is 160 Å². The number of alkyl carbamates (subject to hydrolysis) is 1. The van der Waals surface area contributed by atoms with E-state index in [1.54, 1.807) is 75.4 Å². The minimum atomic E-state index is -1.38. The van der Waals surface area contributed by atoms with Gasteiger partial charge in [-0.05, 0) is 62.2 Å². The third-order valence-corrected chi connectivity index (χ3v) is 7.30. The van der Waals surface area contributed by atoms with Gasteiger partial charge in [-0.3, -0.25) is 19.2 Å². The van der Waals surface area contributed by atoms with E-state index in [-0.39, 0.29) is 24.9 Å². The molecule has 0 aliphatic carbocycles. The van der Waals surface area contributed by atoms with Gasteiger partial charge in [0, 0.05) is 31.4 Å². The largest absolute Gasteiger partial charge is 0.481 e. The Balaban J connectivity index is 1.68. The zero-order valence-electron chi connectivity index (χ0n) is 26.4. The molecule has 3 amide bonds. The summed E-state index contributed by atoms with van der Waals surface area (Å²) >= 11 is 0. The number of rotatable bonds is 6. The minimum absolute atomic E-state index is 0.00116. The normalized spacial score (nSPS) is 18.7. The molecule has 3 aromatic rings. The fourth-order valence-corrected chi connectivity index (χ4v) is 5.03. The van der Waals surface area contributed by atoms with Crippen molar-refractivity contribution in [2.45, 2.75) is 70.7 Å². The lowest BCUT2D eigenvalue weighted by Crippen LogP contribution is -2.51. The summed E-state index contributed by atoms with van der Waals surface area (Å²) in [5, 5.41) is 17.5. The highest BCUT2D eigenvalue weighted by molar-refractivity contribution is 5.95. The molecule has 47 heavy (non-hydrogen) atoms. The van der Waals surface area contributed by atoms with Gasteiger partial charge in [-0.2, -0.15) is 0 Å². The number of halogens is 1. The number of carbonyl (C=O) groups excluding carboxylic acids is 4. The van der Waals surface area contributed by atoms with Crippen LogP contribution in [0.25, 0.3) is 0 Å². The number of ether oxygens (including phenoxy) is 2. The molecule has 0 spiro atoms. The van der Waals surface area contributed by atoms with Gasteiger partial charge in [-0.25, -0.2) is 9.18 Å². The van der Waals surface area contributed by atoms with Crippen LogP contribution in [0.3, 0.4) is 0 Å². The maximum Gasteiger partial charge on any atom is 0.408 e. The van der Waals surface area contributed by atoms with E-state index in [0.717, 1.165) is 0 Å². The van der Waals surface area contributed by atoms with Gasteiger partial charge in [-0.15, -0.1) is 0 Å². The van der Waals surface area contributed by atoms with Crippen LogP contribution in [0.4, 0.5) is 9.18 Å². The third kappa shape index (κ3) is 10.7. The lowest BCUT2D eigenvalue weighted by molar-refractivity contribution is -0.142. The summed E-state index contributed by atoms with van der Waals surface area (Å²) in [4.78, 5) is 65.3. The first kappa shape index (κ1) is 34.6. The van der Waals surface area contributed by atoms with Gasteiger partial charge in [0.05, 0.1) is 18.4 Å². The number of ketones is 1. The van der Waals surface area contributed by atoms with Crippen LogP contribution in [0.2, 0.25) is 0 Å². The van der Waals surface area contributed by atoms with E-state index < -0.39 is 71.9 Å². The van der Waals surface area contributed by atoms with Crippen LogP contribution in [0.5, 0.6) is 11.5 Å². The van der Waals surface area contributed by atoms with Crippen LogP contribution in [0.15, 0.2) is 72.8 Å². The number of Topliss-reactive ketones (excluding diaryl/α,β-unsaturated/α-hetero) is 1. The highest BCUT2D eigenvalue weighted by atomic mass is 19.1. The predicted octanol–water partition coefficient (Wildman–Crippen LogP) is 4.46. The van der Waals surface area contributed by atoms with E-state index in [1.807, 2.05) is 0 Å². The molecule has 4 bridgehead atoms. The molecule has 248 valence electrons. The number of amides is 3. The molecule has 2 aliphatic heterocycles. The van der Waals surface area contributed by atoms with Crippen LogP contribution in [-0.2, 0) is 43.3 Å².